The minimum atomic E-state index is -0.219. The number of benzene rings is 2. The van der Waals surface area contributed by atoms with Crippen molar-refractivity contribution in [3.63, 3.8) is 0 Å². The van der Waals surface area contributed by atoms with Crippen LogP contribution >= 0.6 is 0 Å². The number of hydrogen-bond acceptors (Lipinski definition) is 5. The van der Waals surface area contributed by atoms with E-state index in [4.69, 9.17) is 4.74 Å². The summed E-state index contributed by atoms with van der Waals surface area (Å²) in [4.78, 5) is 21.2. The van der Waals surface area contributed by atoms with Crippen molar-refractivity contribution in [3.05, 3.63) is 77.1 Å². The van der Waals surface area contributed by atoms with E-state index in [1.807, 2.05) is 48.5 Å². The SMILES string of the molecule is CCc1ccc(NC(=O)c2cnc(NCc3ccc(OC)cc3)nc2C)cc1. The normalized spacial score (nSPS) is 10.4. The number of rotatable bonds is 7. The van der Waals surface area contributed by atoms with Crippen molar-refractivity contribution < 1.29 is 9.53 Å². The summed E-state index contributed by atoms with van der Waals surface area (Å²) in [5.74, 6) is 1.08. The molecule has 6 nitrogen and oxygen atoms in total. The van der Waals surface area contributed by atoms with Gasteiger partial charge in [0.2, 0.25) is 5.95 Å². The number of hydrogen-bond donors (Lipinski definition) is 2. The highest BCUT2D eigenvalue weighted by Crippen LogP contribution is 2.15. The Morgan fingerprint density at radius 1 is 1.04 bits per heavy atom. The average molecular weight is 376 g/mol. The molecule has 0 spiro atoms. The number of aryl methyl sites for hydroxylation is 2. The maximum atomic E-state index is 12.5. The number of nitrogens with zero attached hydrogens (tertiary/aromatic N) is 2. The second kappa shape index (κ2) is 8.99. The minimum absolute atomic E-state index is 0.219. The molecule has 1 amide bonds. The Hall–Kier alpha value is -3.41. The van der Waals surface area contributed by atoms with E-state index in [-0.39, 0.29) is 5.91 Å². The van der Waals surface area contributed by atoms with E-state index in [0.717, 1.165) is 23.4 Å². The Labute approximate surface area is 165 Å². The fraction of sp³-hybridized carbons (Fsp3) is 0.227. The van der Waals surface area contributed by atoms with Gasteiger partial charge in [-0.15, -0.1) is 0 Å². The number of amides is 1. The van der Waals surface area contributed by atoms with Gasteiger partial charge < -0.3 is 15.4 Å². The van der Waals surface area contributed by atoms with E-state index in [9.17, 15) is 4.79 Å². The van der Waals surface area contributed by atoms with Crippen molar-refractivity contribution in [1.29, 1.82) is 0 Å². The molecule has 28 heavy (non-hydrogen) atoms. The summed E-state index contributed by atoms with van der Waals surface area (Å²) >= 11 is 0. The van der Waals surface area contributed by atoms with E-state index in [1.54, 1.807) is 20.2 Å². The van der Waals surface area contributed by atoms with Crippen molar-refractivity contribution >= 4 is 17.5 Å². The van der Waals surface area contributed by atoms with Gasteiger partial charge in [-0.2, -0.15) is 0 Å². The molecule has 0 saturated carbocycles. The molecule has 3 rings (SSSR count). The fourth-order valence-electron chi connectivity index (χ4n) is 2.72. The fourth-order valence-corrected chi connectivity index (χ4v) is 2.72. The summed E-state index contributed by atoms with van der Waals surface area (Å²) in [7, 11) is 1.64. The highest BCUT2D eigenvalue weighted by Gasteiger charge is 2.12. The second-order valence-electron chi connectivity index (χ2n) is 6.40. The third-order valence-corrected chi connectivity index (χ3v) is 4.45. The van der Waals surface area contributed by atoms with Gasteiger partial charge in [-0.25, -0.2) is 9.97 Å². The molecule has 0 radical (unpaired) electrons. The molecule has 6 heteroatoms. The van der Waals surface area contributed by atoms with Gasteiger partial charge in [0.05, 0.1) is 18.4 Å². The maximum absolute atomic E-state index is 12.5. The largest absolute Gasteiger partial charge is 0.497 e. The van der Waals surface area contributed by atoms with Crippen LogP contribution in [0, 0.1) is 6.92 Å². The predicted octanol–water partition coefficient (Wildman–Crippen LogP) is 4.22. The van der Waals surface area contributed by atoms with E-state index >= 15 is 0 Å². The highest BCUT2D eigenvalue weighted by molar-refractivity contribution is 6.04. The van der Waals surface area contributed by atoms with Crippen LogP contribution in [0.1, 0.15) is 34.1 Å². The molecule has 0 atom stereocenters. The van der Waals surface area contributed by atoms with E-state index in [1.165, 1.54) is 5.56 Å². The zero-order valence-electron chi connectivity index (χ0n) is 16.3. The molecular formula is C22H24N4O2. The molecule has 0 aliphatic carbocycles. The first-order valence-corrected chi connectivity index (χ1v) is 9.19. The molecule has 0 aliphatic rings. The van der Waals surface area contributed by atoms with Crippen molar-refractivity contribution in [2.24, 2.45) is 0 Å². The lowest BCUT2D eigenvalue weighted by molar-refractivity contribution is 0.102. The van der Waals surface area contributed by atoms with Crippen molar-refractivity contribution in [2.75, 3.05) is 17.7 Å². The zero-order valence-corrected chi connectivity index (χ0v) is 16.3. The third kappa shape index (κ3) is 4.85. The number of carbonyl (C=O) groups is 1. The standard InChI is InChI=1S/C22H24N4O2/c1-4-16-5-9-18(10-6-16)26-21(27)20-14-24-22(25-15(20)2)23-13-17-7-11-19(28-3)12-8-17/h5-12,14H,4,13H2,1-3H3,(H,26,27)(H,23,24,25). The summed E-state index contributed by atoms with van der Waals surface area (Å²) in [5.41, 5.74) is 4.14. The Morgan fingerprint density at radius 3 is 2.32 bits per heavy atom. The van der Waals surface area contributed by atoms with Gasteiger partial charge in [0, 0.05) is 18.4 Å². The molecule has 2 N–H and O–H groups in total. The van der Waals surface area contributed by atoms with Crippen LogP contribution in [-0.4, -0.2) is 23.0 Å². The number of anilines is 2. The molecule has 0 saturated heterocycles. The number of nitrogens with one attached hydrogen (secondary N) is 2. The second-order valence-corrected chi connectivity index (χ2v) is 6.40. The molecule has 1 aromatic heterocycles. The predicted molar refractivity (Wildman–Crippen MR) is 111 cm³/mol. The Morgan fingerprint density at radius 2 is 1.71 bits per heavy atom. The maximum Gasteiger partial charge on any atom is 0.259 e. The first-order chi connectivity index (χ1) is 13.6. The monoisotopic (exact) mass is 376 g/mol. The molecule has 0 bridgehead atoms. The molecule has 2 aromatic carbocycles. The van der Waals surface area contributed by atoms with Gasteiger partial charge in [0.1, 0.15) is 5.75 Å². The number of methoxy groups -OCH3 is 1. The number of ether oxygens (including phenoxy) is 1. The molecule has 3 aromatic rings. The van der Waals surface area contributed by atoms with Crippen molar-refractivity contribution in [3.8, 4) is 5.75 Å². The molecule has 1 heterocycles. The van der Waals surface area contributed by atoms with Crippen LogP contribution in [0.3, 0.4) is 0 Å². The lowest BCUT2D eigenvalue weighted by Gasteiger charge is -2.10. The van der Waals surface area contributed by atoms with Crippen LogP contribution in [0.4, 0.5) is 11.6 Å². The molecule has 144 valence electrons. The lowest BCUT2D eigenvalue weighted by atomic mass is 10.1. The Kier molecular flexibility index (Phi) is 6.22. The van der Waals surface area contributed by atoms with Crippen molar-refractivity contribution in [1.82, 2.24) is 9.97 Å². The van der Waals surface area contributed by atoms with E-state index < -0.39 is 0 Å². The minimum Gasteiger partial charge on any atom is -0.497 e. The summed E-state index contributed by atoms with van der Waals surface area (Å²) < 4.78 is 5.15. The molecular weight excluding hydrogens is 352 g/mol. The van der Waals surface area contributed by atoms with Gasteiger partial charge in [0.15, 0.2) is 0 Å². The van der Waals surface area contributed by atoms with Gasteiger partial charge >= 0.3 is 0 Å². The Bertz CT molecular complexity index is 938. The van der Waals surface area contributed by atoms with Gasteiger partial charge in [0.25, 0.3) is 5.91 Å². The smallest absolute Gasteiger partial charge is 0.259 e. The third-order valence-electron chi connectivity index (χ3n) is 4.45. The van der Waals surface area contributed by atoms with Crippen LogP contribution < -0.4 is 15.4 Å². The molecule has 0 aliphatic heterocycles. The van der Waals surface area contributed by atoms with Crippen LogP contribution in [0.5, 0.6) is 5.75 Å². The summed E-state index contributed by atoms with van der Waals surface area (Å²) in [6, 6.07) is 15.6. The quantitative estimate of drug-likeness (QED) is 0.646. The van der Waals surface area contributed by atoms with Crippen LogP contribution in [0.2, 0.25) is 0 Å². The highest BCUT2D eigenvalue weighted by atomic mass is 16.5. The number of aromatic nitrogens is 2. The van der Waals surface area contributed by atoms with Gasteiger partial charge in [-0.3, -0.25) is 4.79 Å². The van der Waals surface area contributed by atoms with E-state index in [0.29, 0.717) is 23.8 Å². The Balaban J connectivity index is 1.62. The summed E-state index contributed by atoms with van der Waals surface area (Å²) in [5, 5.41) is 6.06. The van der Waals surface area contributed by atoms with Gasteiger partial charge in [-0.1, -0.05) is 31.2 Å². The topological polar surface area (TPSA) is 76.1 Å². The van der Waals surface area contributed by atoms with Crippen molar-refractivity contribution in [2.45, 2.75) is 26.8 Å². The van der Waals surface area contributed by atoms with E-state index in [2.05, 4.69) is 27.5 Å². The molecule has 0 fully saturated rings. The first-order valence-electron chi connectivity index (χ1n) is 9.19. The summed E-state index contributed by atoms with van der Waals surface area (Å²) in [6.45, 7) is 4.48. The molecule has 0 unspecified atom stereocenters. The lowest BCUT2D eigenvalue weighted by Crippen LogP contribution is -2.15. The average Bonchev–Trinajstić information content (AvgIpc) is 2.73. The first kappa shape index (κ1) is 19.4. The zero-order chi connectivity index (χ0) is 19.9. The van der Waals surface area contributed by atoms with Crippen LogP contribution in [0.25, 0.3) is 0 Å². The van der Waals surface area contributed by atoms with Crippen LogP contribution in [-0.2, 0) is 13.0 Å². The number of carbonyl (C=O) groups excluding carboxylic acids is 1. The summed E-state index contributed by atoms with van der Waals surface area (Å²) in [6.07, 6.45) is 2.51. The van der Waals surface area contributed by atoms with Crippen LogP contribution in [0.15, 0.2) is 54.7 Å². The van der Waals surface area contributed by atoms with Gasteiger partial charge in [-0.05, 0) is 48.7 Å².